The topological polar surface area (TPSA) is 71.1 Å². The third kappa shape index (κ3) is 1.99. The maximum Gasteiger partial charge on any atom is 0.291 e. The van der Waals surface area contributed by atoms with Gasteiger partial charge in [0.1, 0.15) is 6.33 Å². The molecule has 2 unspecified atom stereocenters. The van der Waals surface area contributed by atoms with Crippen LogP contribution >= 0.6 is 0 Å². The smallest absolute Gasteiger partial charge is 0.291 e. The Morgan fingerprint density at radius 1 is 1.67 bits per heavy atom. The average molecular weight is 210 g/mol. The molecule has 0 aromatic carbocycles. The maximum absolute atomic E-state index is 12.0. The molecule has 1 N–H and O–H groups in total. The van der Waals surface area contributed by atoms with E-state index in [2.05, 4.69) is 15.2 Å². The second-order valence-electron chi connectivity index (χ2n) is 3.78. The molecule has 0 saturated carbocycles. The third-order valence-electron chi connectivity index (χ3n) is 2.49. The molecular formula is C9H14N4O2. The molecule has 6 nitrogen and oxygen atoms in total. The number of nitrogens with one attached hydrogen (secondary N) is 1. The zero-order valence-electron chi connectivity index (χ0n) is 8.80. The molecule has 1 aliphatic rings. The highest BCUT2D eigenvalue weighted by Gasteiger charge is 2.29. The number of carbonyl (C=O) groups excluding carboxylic acids is 1. The van der Waals surface area contributed by atoms with Crippen molar-refractivity contribution in [1.29, 1.82) is 0 Å². The fourth-order valence-corrected chi connectivity index (χ4v) is 1.63. The number of hydrogen-bond acceptors (Lipinski definition) is 4. The van der Waals surface area contributed by atoms with E-state index in [0.29, 0.717) is 13.2 Å². The van der Waals surface area contributed by atoms with Gasteiger partial charge in [-0.3, -0.25) is 9.89 Å². The van der Waals surface area contributed by atoms with Gasteiger partial charge in [0, 0.05) is 6.54 Å². The number of morpholine rings is 1. The highest BCUT2D eigenvalue weighted by Crippen LogP contribution is 2.13. The van der Waals surface area contributed by atoms with Gasteiger partial charge in [0.25, 0.3) is 5.91 Å². The number of ether oxygens (including phenoxy) is 1. The second kappa shape index (κ2) is 3.98. The van der Waals surface area contributed by atoms with Gasteiger partial charge in [-0.15, -0.1) is 0 Å². The Bertz CT molecular complexity index is 338. The molecule has 0 radical (unpaired) electrons. The predicted molar refractivity (Wildman–Crippen MR) is 52.3 cm³/mol. The van der Waals surface area contributed by atoms with Crippen LogP contribution in [0.5, 0.6) is 0 Å². The standard InChI is InChI=1S/C9H14N4O2/c1-6-4-15-7(2)3-13(6)9(14)8-10-5-11-12-8/h5-7H,3-4H2,1-2H3,(H,10,11,12). The van der Waals surface area contributed by atoms with Crippen molar-refractivity contribution in [2.45, 2.75) is 26.0 Å². The maximum atomic E-state index is 12.0. The summed E-state index contributed by atoms with van der Waals surface area (Å²) < 4.78 is 5.45. The molecule has 1 aromatic rings. The van der Waals surface area contributed by atoms with Crippen molar-refractivity contribution in [3.05, 3.63) is 12.2 Å². The molecule has 1 aromatic heterocycles. The van der Waals surface area contributed by atoms with E-state index in [-0.39, 0.29) is 23.9 Å². The normalized spacial score (nSPS) is 26.7. The Morgan fingerprint density at radius 3 is 3.13 bits per heavy atom. The average Bonchev–Trinajstić information content (AvgIpc) is 2.74. The highest BCUT2D eigenvalue weighted by molar-refractivity contribution is 5.90. The van der Waals surface area contributed by atoms with Gasteiger partial charge in [0.2, 0.25) is 5.82 Å². The Morgan fingerprint density at radius 2 is 2.47 bits per heavy atom. The third-order valence-corrected chi connectivity index (χ3v) is 2.49. The van der Waals surface area contributed by atoms with Gasteiger partial charge >= 0.3 is 0 Å². The zero-order valence-corrected chi connectivity index (χ0v) is 8.80. The first-order chi connectivity index (χ1) is 7.18. The summed E-state index contributed by atoms with van der Waals surface area (Å²) in [5.74, 6) is 0.172. The summed E-state index contributed by atoms with van der Waals surface area (Å²) in [6.45, 7) is 5.08. The number of aromatic nitrogens is 3. The van der Waals surface area contributed by atoms with E-state index < -0.39 is 0 Å². The Labute approximate surface area is 87.6 Å². The fraction of sp³-hybridized carbons (Fsp3) is 0.667. The van der Waals surface area contributed by atoms with Crippen LogP contribution in [0.3, 0.4) is 0 Å². The molecule has 0 spiro atoms. The van der Waals surface area contributed by atoms with E-state index in [1.165, 1.54) is 6.33 Å². The van der Waals surface area contributed by atoms with Crippen LogP contribution in [0.2, 0.25) is 0 Å². The first-order valence-electron chi connectivity index (χ1n) is 4.96. The molecule has 1 amide bonds. The minimum absolute atomic E-state index is 0.0769. The highest BCUT2D eigenvalue weighted by atomic mass is 16.5. The van der Waals surface area contributed by atoms with Gasteiger partial charge in [-0.05, 0) is 13.8 Å². The van der Waals surface area contributed by atoms with Gasteiger partial charge in [0.05, 0.1) is 18.8 Å². The van der Waals surface area contributed by atoms with Crippen molar-refractivity contribution in [2.75, 3.05) is 13.2 Å². The summed E-state index contributed by atoms with van der Waals surface area (Å²) in [5, 5.41) is 6.24. The van der Waals surface area contributed by atoms with Crippen LogP contribution in [-0.2, 0) is 4.74 Å². The molecule has 0 aliphatic carbocycles. The molecule has 2 atom stereocenters. The van der Waals surface area contributed by atoms with Crippen LogP contribution in [-0.4, -0.2) is 51.3 Å². The van der Waals surface area contributed by atoms with Gasteiger partial charge < -0.3 is 9.64 Å². The van der Waals surface area contributed by atoms with E-state index in [9.17, 15) is 4.79 Å². The minimum atomic E-state index is -0.116. The molecule has 2 heterocycles. The Hall–Kier alpha value is -1.43. The van der Waals surface area contributed by atoms with E-state index in [0.717, 1.165) is 0 Å². The van der Waals surface area contributed by atoms with Crippen LogP contribution in [0, 0.1) is 0 Å². The van der Waals surface area contributed by atoms with Crippen LogP contribution < -0.4 is 0 Å². The molecule has 1 saturated heterocycles. The van der Waals surface area contributed by atoms with Crippen LogP contribution in [0.1, 0.15) is 24.5 Å². The summed E-state index contributed by atoms with van der Waals surface area (Å²) in [5.41, 5.74) is 0. The van der Waals surface area contributed by atoms with Gasteiger partial charge in [-0.2, -0.15) is 5.10 Å². The lowest BCUT2D eigenvalue weighted by Crippen LogP contribution is -2.50. The van der Waals surface area contributed by atoms with Crippen molar-refractivity contribution >= 4 is 5.91 Å². The first kappa shape index (κ1) is 10.1. The Balaban J connectivity index is 2.12. The van der Waals surface area contributed by atoms with E-state index in [1.54, 1.807) is 4.90 Å². The number of carbonyl (C=O) groups is 1. The number of rotatable bonds is 1. The summed E-state index contributed by atoms with van der Waals surface area (Å²) in [4.78, 5) is 17.6. The number of hydrogen-bond donors (Lipinski definition) is 1. The zero-order chi connectivity index (χ0) is 10.8. The van der Waals surface area contributed by atoms with Crippen molar-refractivity contribution < 1.29 is 9.53 Å². The number of amides is 1. The minimum Gasteiger partial charge on any atom is -0.375 e. The molecule has 82 valence electrons. The molecular weight excluding hydrogens is 196 g/mol. The lowest BCUT2D eigenvalue weighted by atomic mass is 10.2. The van der Waals surface area contributed by atoms with E-state index in [1.807, 2.05) is 13.8 Å². The SMILES string of the molecule is CC1CN(C(=O)c2ncn[nH]2)C(C)CO1. The monoisotopic (exact) mass is 210 g/mol. The number of nitrogens with zero attached hydrogens (tertiary/aromatic N) is 3. The quantitative estimate of drug-likeness (QED) is 0.711. The largest absolute Gasteiger partial charge is 0.375 e. The van der Waals surface area contributed by atoms with Gasteiger partial charge in [-0.25, -0.2) is 4.98 Å². The first-order valence-corrected chi connectivity index (χ1v) is 4.96. The molecule has 15 heavy (non-hydrogen) atoms. The predicted octanol–water partition coefficient (Wildman–Crippen LogP) is 0.0541. The summed E-state index contributed by atoms with van der Waals surface area (Å²) in [6.07, 6.45) is 1.41. The lowest BCUT2D eigenvalue weighted by molar-refractivity contribution is -0.0391. The van der Waals surface area contributed by atoms with Crippen LogP contribution in [0.4, 0.5) is 0 Å². The lowest BCUT2D eigenvalue weighted by Gasteiger charge is -2.36. The van der Waals surface area contributed by atoms with Crippen molar-refractivity contribution in [3.63, 3.8) is 0 Å². The van der Waals surface area contributed by atoms with Crippen molar-refractivity contribution in [2.24, 2.45) is 0 Å². The van der Waals surface area contributed by atoms with Crippen molar-refractivity contribution in [3.8, 4) is 0 Å². The Kier molecular flexibility index (Phi) is 2.68. The molecule has 6 heteroatoms. The molecule has 1 fully saturated rings. The van der Waals surface area contributed by atoms with E-state index in [4.69, 9.17) is 4.74 Å². The summed E-state index contributed by atoms with van der Waals surface area (Å²) in [7, 11) is 0. The fourth-order valence-electron chi connectivity index (χ4n) is 1.63. The molecule has 0 bridgehead atoms. The number of H-pyrrole nitrogens is 1. The van der Waals surface area contributed by atoms with Crippen molar-refractivity contribution in [1.82, 2.24) is 20.1 Å². The number of aromatic amines is 1. The molecule has 1 aliphatic heterocycles. The van der Waals surface area contributed by atoms with Gasteiger partial charge in [-0.1, -0.05) is 0 Å². The summed E-state index contributed by atoms with van der Waals surface area (Å²) >= 11 is 0. The summed E-state index contributed by atoms with van der Waals surface area (Å²) in [6, 6.07) is 0.0822. The second-order valence-corrected chi connectivity index (χ2v) is 3.78. The van der Waals surface area contributed by atoms with E-state index >= 15 is 0 Å². The van der Waals surface area contributed by atoms with Crippen LogP contribution in [0.15, 0.2) is 6.33 Å². The van der Waals surface area contributed by atoms with Crippen LogP contribution in [0.25, 0.3) is 0 Å². The van der Waals surface area contributed by atoms with Gasteiger partial charge in [0.15, 0.2) is 0 Å². The molecule has 2 rings (SSSR count).